The van der Waals surface area contributed by atoms with Crippen molar-refractivity contribution in [2.45, 2.75) is 38.0 Å². The second-order valence-corrected chi connectivity index (χ2v) is 17.1. The number of nitrogens with zero attached hydrogens (tertiary/aromatic N) is 5. The first-order chi connectivity index (χ1) is 40.1. The Labute approximate surface area is 546 Å². The summed E-state index contributed by atoms with van der Waals surface area (Å²) >= 11 is 3.70. The number of benzene rings is 8. The van der Waals surface area contributed by atoms with Gasteiger partial charge in [0.25, 0.3) is 0 Å². The van der Waals surface area contributed by atoms with Crippen LogP contribution in [0.1, 0.15) is 82.5 Å². The molecule has 0 unspecified atom stereocenters. The van der Waals surface area contributed by atoms with Crippen molar-refractivity contribution in [3.63, 3.8) is 0 Å². The summed E-state index contributed by atoms with van der Waals surface area (Å²) in [7, 11) is 6.86. The van der Waals surface area contributed by atoms with Gasteiger partial charge in [0.1, 0.15) is 47.2 Å². The molecule has 0 bridgehead atoms. The first kappa shape index (κ1) is 75.6. The second kappa shape index (κ2) is 43.2. The van der Waals surface area contributed by atoms with Gasteiger partial charge in [-0.3, -0.25) is 20.0 Å². The third-order valence-corrected chi connectivity index (χ3v) is 12.0. The fourth-order valence-electron chi connectivity index (χ4n) is 8.03. The number of para-hydroxylation sites is 4. The number of thiocarbonyl (C=S) groups is 1. The number of hydrogen-bond acceptors (Lipinski definition) is 15. The maximum absolute atomic E-state index is 12.7. The molecule has 8 aromatic carbocycles. The Bertz CT molecular complexity index is 2870. The zero-order chi connectivity index (χ0) is 59.5. The molecule has 0 aliphatic heterocycles. The first-order valence-corrected chi connectivity index (χ1v) is 26.2. The van der Waals surface area contributed by atoms with E-state index in [0.717, 1.165) is 42.6 Å². The average Bonchev–Trinajstić information content (AvgIpc) is 3.50. The molecule has 4 atom stereocenters. The summed E-state index contributed by atoms with van der Waals surface area (Å²) in [6, 6.07) is 57.5. The summed E-state index contributed by atoms with van der Waals surface area (Å²) in [4.78, 5) is 19.4. The Kier molecular flexibility index (Phi) is 38.4. The number of aliphatic hydroxyl groups excluding tert-OH is 1. The smallest absolute Gasteiger partial charge is 0.870 e. The van der Waals surface area contributed by atoms with E-state index in [0.29, 0.717) is 22.3 Å². The molecule has 1 N–H and O–H groups in total. The molecule has 442 valence electrons. The Hall–Kier alpha value is -7.45. The first-order valence-electron chi connectivity index (χ1n) is 25.8. The molecular formula is C66H66N5NaNi2O10S. The second-order valence-electron chi connectivity index (χ2n) is 16.9. The standard InChI is InChI=1S/2C30H28N2O4.C4H10O.CNS.CH4O.Na.2Ni/c2*1-35-25-17-9-15-23(29(25)33)19-31-27(21-11-5-3-6-12-21)28(22-13-7-4-8-14-22)32-20-24-16-10-18-26(36-2)30(24)34;1-3-5-4-2;2-1-3;1-2;;;/h2*3-20,27-28,33-34H,1-2H3;3-4H2,1-2H3;;2H,1H3;;;/q;;;-1;;+1;2*+2/p-4/t2*27-,28-;;;;;;/m11....../s1. The number of hydrogen-bond donors (Lipinski definition) is 1. The molecule has 0 radical (unpaired) electrons. The van der Waals surface area contributed by atoms with E-state index < -0.39 is 24.2 Å². The van der Waals surface area contributed by atoms with E-state index in [1.165, 1.54) is 33.6 Å². The maximum atomic E-state index is 12.7. The van der Waals surface area contributed by atoms with Crippen molar-refractivity contribution < 1.29 is 112 Å². The van der Waals surface area contributed by atoms with Crippen LogP contribution < -0.4 is 68.9 Å². The van der Waals surface area contributed by atoms with Crippen molar-refractivity contribution in [3.8, 4) is 46.0 Å². The fraction of sp³-hybridized carbons (Fsp3) is 0.197. The van der Waals surface area contributed by atoms with Gasteiger partial charge in [0.2, 0.25) is 0 Å². The van der Waals surface area contributed by atoms with Crippen LogP contribution in [0.25, 0.3) is 5.41 Å². The van der Waals surface area contributed by atoms with Gasteiger partial charge in [0.05, 0.1) is 28.4 Å². The van der Waals surface area contributed by atoms with Crippen molar-refractivity contribution in [3.05, 3.63) is 244 Å². The molecule has 0 aliphatic carbocycles. The van der Waals surface area contributed by atoms with E-state index in [-0.39, 0.29) is 109 Å². The van der Waals surface area contributed by atoms with Gasteiger partial charge in [0.15, 0.2) is 0 Å². The van der Waals surface area contributed by atoms with Crippen molar-refractivity contribution in [1.82, 2.24) is 0 Å². The summed E-state index contributed by atoms with van der Waals surface area (Å²) in [5.41, 5.74) is 5.35. The molecule has 0 fully saturated rings. The molecule has 8 rings (SSSR count). The quantitative estimate of drug-likeness (QED) is 0.0436. The molecule has 0 heterocycles. The number of aliphatic hydroxyl groups is 1. The predicted molar refractivity (Wildman–Crippen MR) is 323 cm³/mol. The van der Waals surface area contributed by atoms with Crippen LogP contribution in [0.2, 0.25) is 0 Å². The van der Waals surface area contributed by atoms with E-state index in [1.54, 1.807) is 97.7 Å². The van der Waals surface area contributed by atoms with Crippen molar-refractivity contribution in [2.75, 3.05) is 48.8 Å². The van der Waals surface area contributed by atoms with Crippen LogP contribution in [0.4, 0.5) is 0 Å². The average molecular weight is 1260 g/mol. The van der Waals surface area contributed by atoms with Crippen molar-refractivity contribution in [1.29, 1.82) is 0 Å². The minimum absolute atomic E-state index is 0. The topological polar surface area (TPSA) is 230 Å². The molecule has 8 aromatic rings. The van der Waals surface area contributed by atoms with Crippen molar-refractivity contribution in [2.24, 2.45) is 20.0 Å². The Balaban J connectivity index is 0.000000713. The van der Waals surface area contributed by atoms with E-state index in [4.69, 9.17) is 54.2 Å². The minimum Gasteiger partial charge on any atom is -0.870 e. The summed E-state index contributed by atoms with van der Waals surface area (Å²) in [5, 5.41) is 66.3. The SMILES string of the molecule is CCOCC.CO.COc1cccc(C=N[C@H](c2ccccc2)[C@H](N=Cc2cccc(OC)c2[O-])c2ccccc2)c1[O-].COc1cccc(C=N[C@H](c2ccccc2)[C@H](N=Cc2cccc(OC)c2[O-])c2ccccc2)c1[O-].[N-]=C=S.[Na+].[Ni+2].[Ni+2]. The number of rotatable bonds is 20. The van der Waals surface area contributed by atoms with Gasteiger partial charge in [-0.15, -0.1) is 0 Å². The maximum Gasteiger partial charge on any atom is 2.00 e. The third-order valence-electron chi connectivity index (χ3n) is 12.0. The van der Waals surface area contributed by atoms with Crippen molar-refractivity contribution >= 4 is 42.2 Å². The molecule has 0 spiro atoms. The van der Waals surface area contributed by atoms with Gasteiger partial charge in [0, 0.05) is 45.2 Å². The summed E-state index contributed by atoms with van der Waals surface area (Å²) in [5.74, 6) is 0.0983. The minimum atomic E-state index is -0.462. The largest absolute Gasteiger partial charge is 2.00 e. The monoisotopic (exact) mass is 1260 g/mol. The Morgan fingerprint density at radius 1 is 0.400 bits per heavy atom. The molecule has 0 amide bonds. The zero-order valence-corrected chi connectivity index (χ0v) is 53.2. The van der Waals surface area contributed by atoms with E-state index in [9.17, 15) is 20.4 Å². The van der Waals surface area contributed by atoms with Gasteiger partial charge >= 0.3 is 62.5 Å². The van der Waals surface area contributed by atoms with Crippen LogP contribution in [-0.2, 0) is 37.7 Å². The van der Waals surface area contributed by atoms with Crippen LogP contribution >= 0.6 is 12.2 Å². The van der Waals surface area contributed by atoms with Crippen LogP contribution in [0.5, 0.6) is 46.0 Å². The number of ether oxygens (including phenoxy) is 5. The normalized spacial score (nSPS) is 11.7. The molecule has 0 aliphatic rings. The number of aliphatic imine (C=N–C) groups is 4. The molecule has 0 saturated heterocycles. The van der Waals surface area contributed by atoms with E-state index >= 15 is 0 Å². The molecule has 85 heavy (non-hydrogen) atoms. The fourth-order valence-corrected chi connectivity index (χ4v) is 8.03. The molecule has 0 saturated carbocycles. The van der Waals surface area contributed by atoms with Crippen LogP contribution in [0.3, 0.4) is 0 Å². The van der Waals surface area contributed by atoms with E-state index in [2.05, 4.69) is 12.2 Å². The number of methoxy groups -OCH3 is 4. The van der Waals surface area contributed by atoms with Crippen LogP contribution in [0.15, 0.2) is 214 Å². The Morgan fingerprint density at radius 3 is 0.741 bits per heavy atom. The molecule has 15 nitrogen and oxygen atoms in total. The predicted octanol–water partition coefficient (Wildman–Crippen LogP) is 8.05. The summed E-state index contributed by atoms with van der Waals surface area (Å²) in [6.07, 6.45) is 6.27. The molecule has 0 aromatic heterocycles. The third kappa shape index (κ3) is 23.5. The van der Waals surface area contributed by atoms with Gasteiger partial charge in [-0.05, 0) is 82.6 Å². The van der Waals surface area contributed by atoms with Gasteiger partial charge in [-0.1, -0.05) is 205 Å². The molecule has 19 heteroatoms. The zero-order valence-electron chi connectivity index (χ0n) is 48.4. The molecular weight excluding hydrogens is 1200 g/mol. The summed E-state index contributed by atoms with van der Waals surface area (Å²) < 4.78 is 25.5. The van der Waals surface area contributed by atoms with Crippen LogP contribution in [-0.4, -0.2) is 83.9 Å². The van der Waals surface area contributed by atoms with Gasteiger partial charge in [-0.2, -0.15) is 5.16 Å². The van der Waals surface area contributed by atoms with E-state index in [1.807, 2.05) is 135 Å². The number of isothiocyanates is 1. The summed E-state index contributed by atoms with van der Waals surface area (Å²) in [6.45, 7) is 5.67. The van der Waals surface area contributed by atoms with Gasteiger partial charge in [-0.25, -0.2) is 0 Å². The Morgan fingerprint density at radius 2 is 0.588 bits per heavy atom. The van der Waals surface area contributed by atoms with Gasteiger partial charge < -0.3 is 54.6 Å². The van der Waals surface area contributed by atoms with Crippen LogP contribution in [0, 0.1) is 0 Å².